The number of halogens is 2. The highest BCUT2D eigenvalue weighted by Gasteiger charge is 2.36. The third-order valence-corrected chi connectivity index (χ3v) is 6.47. The quantitative estimate of drug-likeness (QED) is 0.215. The smallest absolute Gasteiger partial charge is 0.335 e. The fourth-order valence-electron chi connectivity index (χ4n) is 3.92. The van der Waals surface area contributed by atoms with Gasteiger partial charge in [0.1, 0.15) is 12.2 Å². The van der Waals surface area contributed by atoms with E-state index < -0.39 is 17.8 Å². The molecule has 0 unspecified atom stereocenters. The fraction of sp³-hybridized carbons (Fsp3) is 0.148. The zero-order valence-corrected chi connectivity index (χ0v) is 22.6. The maximum atomic E-state index is 13.1. The molecule has 3 aromatic rings. The van der Waals surface area contributed by atoms with Crippen LogP contribution in [0.2, 0.25) is 5.02 Å². The van der Waals surface area contributed by atoms with Gasteiger partial charge in [-0.25, -0.2) is 9.69 Å². The second kappa shape index (κ2) is 10.7. The van der Waals surface area contributed by atoms with E-state index in [1.807, 2.05) is 13.8 Å². The van der Waals surface area contributed by atoms with Gasteiger partial charge in [0.05, 0.1) is 16.4 Å². The SMILES string of the molecule is COc1cc(/C=C2\C(=O)NC(=O)N(c3ccc(Cl)cc3)C2=O)cc(I)c1OCc1cc(C)cc(C)c1. The zero-order chi connectivity index (χ0) is 26.0. The highest BCUT2D eigenvalue weighted by Crippen LogP contribution is 2.35. The number of barbiturate groups is 1. The number of nitrogens with zero attached hydrogens (tertiary/aromatic N) is 1. The summed E-state index contributed by atoms with van der Waals surface area (Å²) in [5.41, 5.74) is 3.98. The van der Waals surface area contributed by atoms with Crippen LogP contribution in [0.1, 0.15) is 22.3 Å². The first-order valence-electron chi connectivity index (χ1n) is 10.9. The molecule has 184 valence electrons. The molecule has 0 saturated carbocycles. The van der Waals surface area contributed by atoms with Crippen molar-refractivity contribution in [3.8, 4) is 11.5 Å². The summed E-state index contributed by atoms with van der Waals surface area (Å²) in [5.74, 6) is -0.515. The molecule has 4 rings (SSSR count). The number of urea groups is 1. The Labute approximate surface area is 227 Å². The molecule has 3 aromatic carbocycles. The van der Waals surface area contributed by atoms with Crippen LogP contribution in [0.25, 0.3) is 6.08 Å². The number of anilines is 1. The zero-order valence-electron chi connectivity index (χ0n) is 19.7. The van der Waals surface area contributed by atoms with Gasteiger partial charge in [0.15, 0.2) is 11.5 Å². The first-order chi connectivity index (χ1) is 17.2. The van der Waals surface area contributed by atoms with E-state index in [1.54, 1.807) is 24.3 Å². The number of hydrogen-bond donors (Lipinski definition) is 1. The number of hydrogen-bond acceptors (Lipinski definition) is 5. The molecule has 1 saturated heterocycles. The van der Waals surface area contributed by atoms with E-state index in [4.69, 9.17) is 21.1 Å². The Morgan fingerprint density at radius 1 is 1.00 bits per heavy atom. The van der Waals surface area contributed by atoms with Crippen LogP contribution in [0.3, 0.4) is 0 Å². The number of carbonyl (C=O) groups is 3. The molecule has 36 heavy (non-hydrogen) atoms. The van der Waals surface area contributed by atoms with Gasteiger partial charge < -0.3 is 9.47 Å². The van der Waals surface area contributed by atoms with Crippen LogP contribution in [0.5, 0.6) is 11.5 Å². The van der Waals surface area contributed by atoms with Crippen molar-refractivity contribution in [1.29, 1.82) is 0 Å². The number of rotatable bonds is 6. The number of benzene rings is 3. The largest absolute Gasteiger partial charge is 0.493 e. The number of ether oxygens (including phenoxy) is 2. The summed E-state index contributed by atoms with van der Waals surface area (Å²) in [6.07, 6.45) is 1.42. The number of methoxy groups -OCH3 is 1. The van der Waals surface area contributed by atoms with Crippen LogP contribution >= 0.6 is 34.2 Å². The molecule has 4 amide bonds. The molecule has 1 aliphatic rings. The molecule has 0 aromatic heterocycles. The van der Waals surface area contributed by atoms with Gasteiger partial charge in [-0.3, -0.25) is 14.9 Å². The Morgan fingerprint density at radius 2 is 1.67 bits per heavy atom. The highest BCUT2D eigenvalue weighted by molar-refractivity contribution is 14.1. The molecule has 1 N–H and O–H groups in total. The number of amides is 4. The van der Waals surface area contributed by atoms with Crippen LogP contribution in [0.4, 0.5) is 10.5 Å². The summed E-state index contributed by atoms with van der Waals surface area (Å²) in [7, 11) is 1.52. The molecular weight excluding hydrogens is 595 g/mol. The van der Waals surface area contributed by atoms with Gasteiger partial charge >= 0.3 is 6.03 Å². The molecule has 1 aliphatic heterocycles. The molecule has 7 nitrogen and oxygen atoms in total. The molecule has 9 heteroatoms. The topological polar surface area (TPSA) is 84.9 Å². The maximum absolute atomic E-state index is 13.1. The second-order valence-corrected chi connectivity index (χ2v) is 9.85. The number of carbonyl (C=O) groups excluding carboxylic acids is 3. The number of imide groups is 2. The predicted molar refractivity (Wildman–Crippen MR) is 146 cm³/mol. The molecule has 0 bridgehead atoms. The molecule has 1 heterocycles. The number of nitrogens with one attached hydrogen (secondary N) is 1. The Morgan fingerprint density at radius 3 is 2.31 bits per heavy atom. The lowest BCUT2D eigenvalue weighted by molar-refractivity contribution is -0.122. The van der Waals surface area contributed by atoms with E-state index in [2.05, 4.69) is 46.1 Å². The van der Waals surface area contributed by atoms with Crippen molar-refractivity contribution >= 4 is 63.8 Å². The summed E-state index contributed by atoms with van der Waals surface area (Å²) in [6.45, 7) is 4.43. The third kappa shape index (κ3) is 5.55. The standard InChI is InChI=1S/C27H22ClIN2O5/c1-15-8-16(2)10-18(9-15)14-36-24-22(29)12-17(13-23(24)35-3)11-21-25(32)30-27(34)31(26(21)33)20-6-4-19(28)5-7-20/h4-13H,14H2,1-3H3,(H,30,32,34)/b21-11+. The van der Waals surface area contributed by atoms with E-state index >= 15 is 0 Å². The fourth-order valence-corrected chi connectivity index (χ4v) is 4.83. The Balaban J connectivity index is 1.63. The lowest BCUT2D eigenvalue weighted by Gasteiger charge is -2.26. The van der Waals surface area contributed by atoms with Crippen molar-refractivity contribution < 1.29 is 23.9 Å². The Bertz CT molecular complexity index is 1380. The lowest BCUT2D eigenvalue weighted by Crippen LogP contribution is -2.54. The summed E-state index contributed by atoms with van der Waals surface area (Å²) >= 11 is 8.04. The van der Waals surface area contributed by atoms with E-state index in [9.17, 15) is 14.4 Å². The van der Waals surface area contributed by atoms with E-state index in [0.717, 1.165) is 25.2 Å². The summed E-state index contributed by atoms with van der Waals surface area (Å²) in [4.78, 5) is 39.0. The first kappa shape index (κ1) is 25.7. The van der Waals surface area contributed by atoms with Crippen molar-refractivity contribution in [2.75, 3.05) is 12.0 Å². The molecular formula is C27H22ClIN2O5. The van der Waals surface area contributed by atoms with Crippen LogP contribution in [-0.4, -0.2) is 25.0 Å². The van der Waals surface area contributed by atoms with Crippen molar-refractivity contribution in [3.63, 3.8) is 0 Å². The number of aryl methyl sites for hydroxylation is 2. The summed E-state index contributed by atoms with van der Waals surface area (Å²) < 4.78 is 12.4. The molecule has 1 fully saturated rings. The monoisotopic (exact) mass is 616 g/mol. The minimum absolute atomic E-state index is 0.189. The second-order valence-electron chi connectivity index (χ2n) is 8.25. The van der Waals surface area contributed by atoms with Crippen LogP contribution in [0, 0.1) is 17.4 Å². The van der Waals surface area contributed by atoms with Crippen molar-refractivity contribution in [1.82, 2.24) is 5.32 Å². The van der Waals surface area contributed by atoms with Crippen LogP contribution in [0.15, 0.2) is 60.2 Å². The lowest BCUT2D eigenvalue weighted by atomic mass is 10.1. The van der Waals surface area contributed by atoms with Gasteiger partial charge in [-0.1, -0.05) is 40.9 Å². The van der Waals surface area contributed by atoms with Gasteiger partial charge in [-0.15, -0.1) is 0 Å². The normalized spacial score (nSPS) is 14.8. The Hall–Kier alpha value is -3.37. The van der Waals surface area contributed by atoms with Gasteiger partial charge in [-0.2, -0.15) is 0 Å². The van der Waals surface area contributed by atoms with Crippen LogP contribution in [-0.2, 0) is 16.2 Å². The van der Waals surface area contributed by atoms with Crippen molar-refractivity contribution in [2.24, 2.45) is 0 Å². The molecule has 0 aliphatic carbocycles. The maximum Gasteiger partial charge on any atom is 0.335 e. The minimum Gasteiger partial charge on any atom is -0.493 e. The average Bonchev–Trinajstić information content (AvgIpc) is 2.81. The Kier molecular flexibility index (Phi) is 7.65. The summed E-state index contributed by atoms with van der Waals surface area (Å²) in [5, 5.41) is 2.67. The molecule has 0 atom stereocenters. The van der Waals surface area contributed by atoms with Gasteiger partial charge in [0.2, 0.25) is 0 Å². The van der Waals surface area contributed by atoms with Crippen LogP contribution < -0.4 is 19.7 Å². The van der Waals surface area contributed by atoms with Gasteiger partial charge in [0, 0.05) is 5.02 Å². The summed E-state index contributed by atoms with van der Waals surface area (Å²) in [6, 6.07) is 15.0. The molecule has 0 radical (unpaired) electrons. The predicted octanol–water partition coefficient (Wildman–Crippen LogP) is 5.82. The van der Waals surface area contributed by atoms with E-state index in [0.29, 0.717) is 34.4 Å². The van der Waals surface area contributed by atoms with Crippen molar-refractivity contribution in [2.45, 2.75) is 20.5 Å². The minimum atomic E-state index is -0.827. The first-order valence-corrected chi connectivity index (χ1v) is 12.4. The third-order valence-electron chi connectivity index (χ3n) is 5.41. The van der Waals surface area contributed by atoms with Gasteiger partial charge in [0.25, 0.3) is 11.8 Å². The van der Waals surface area contributed by atoms with E-state index in [1.165, 1.54) is 25.3 Å². The van der Waals surface area contributed by atoms with Gasteiger partial charge in [-0.05, 0) is 90.0 Å². The average molecular weight is 617 g/mol. The van der Waals surface area contributed by atoms with E-state index in [-0.39, 0.29) is 5.57 Å². The molecule has 0 spiro atoms. The van der Waals surface area contributed by atoms with Crippen molar-refractivity contribution in [3.05, 3.63) is 91.0 Å². The highest BCUT2D eigenvalue weighted by atomic mass is 127.